The number of carbonyl (C=O) groups is 3. The van der Waals surface area contributed by atoms with Gasteiger partial charge in [-0.25, -0.2) is 0 Å². The Balaban J connectivity index is 1.21. The van der Waals surface area contributed by atoms with Crippen LogP contribution >= 0.6 is 0 Å². The minimum absolute atomic E-state index is 0.00638. The Morgan fingerprint density at radius 2 is 1.81 bits per heavy atom. The van der Waals surface area contributed by atoms with E-state index in [-0.39, 0.29) is 36.0 Å². The molecule has 0 aromatic heterocycles. The van der Waals surface area contributed by atoms with E-state index in [0.717, 1.165) is 12.1 Å². The van der Waals surface area contributed by atoms with Gasteiger partial charge in [0.1, 0.15) is 0 Å². The number of allylic oxidation sites excluding steroid dienone is 1. The van der Waals surface area contributed by atoms with E-state index in [9.17, 15) is 14.4 Å². The lowest BCUT2D eigenvalue weighted by Crippen LogP contribution is -2.45. The zero-order chi connectivity index (χ0) is 21.6. The summed E-state index contributed by atoms with van der Waals surface area (Å²) >= 11 is 0. The van der Waals surface area contributed by atoms with Crippen molar-refractivity contribution in [2.75, 3.05) is 31.1 Å². The fraction of sp³-hybridized carbons (Fsp3) is 0.560. The topological polar surface area (TPSA) is 69.7 Å². The van der Waals surface area contributed by atoms with Gasteiger partial charge in [0.25, 0.3) is 0 Å². The number of piperidine rings is 1. The molecule has 1 aromatic carbocycles. The molecule has 2 heterocycles. The fourth-order valence-corrected chi connectivity index (χ4v) is 4.97. The van der Waals surface area contributed by atoms with Gasteiger partial charge in [0.2, 0.25) is 17.7 Å². The molecular weight excluding hydrogens is 390 g/mol. The lowest BCUT2D eigenvalue weighted by atomic mass is 9.94. The number of benzene rings is 1. The van der Waals surface area contributed by atoms with Crippen molar-refractivity contribution in [2.24, 2.45) is 11.8 Å². The van der Waals surface area contributed by atoms with Crippen LogP contribution in [-0.2, 0) is 14.4 Å². The van der Waals surface area contributed by atoms with Gasteiger partial charge in [0.05, 0.1) is 5.92 Å². The van der Waals surface area contributed by atoms with Gasteiger partial charge in [0, 0.05) is 44.2 Å². The summed E-state index contributed by atoms with van der Waals surface area (Å²) in [5.74, 6) is -0.131. The molecule has 2 saturated heterocycles. The third kappa shape index (κ3) is 5.35. The van der Waals surface area contributed by atoms with Crippen molar-refractivity contribution in [1.82, 2.24) is 10.2 Å². The fourth-order valence-electron chi connectivity index (χ4n) is 4.97. The van der Waals surface area contributed by atoms with E-state index < -0.39 is 0 Å². The van der Waals surface area contributed by atoms with Gasteiger partial charge in [-0.05, 0) is 57.1 Å². The van der Waals surface area contributed by atoms with Crippen LogP contribution in [0.2, 0.25) is 0 Å². The minimum atomic E-state index is -0.290. The molecule has 4 rings (SSSR count). The molecule has 3 aliphatic rings. The van der Waals surface area contributed by atoms with Crippen molar-refractivity contribution in [1.29, 1.82) is 0 Å². The summed E-state index contributed by atoms with van der Waals surface area (Å²) < 4.78 is 0. The van der Waals surface area contributed by atoms with Gasteiger partial charge < -0.3 is 15.1 Å². The van der Waals surface area contributed by atoms with Crippen LogP contribution < -0.4 is 10.2 Å². The van der Waals surface area contributed by atoms with E-state index in [2.05, 4.69) is 11.4 Å². The highest BCUT2D eigenvalue weighted by Gasteiger charge is 2.38. The number of likely N-dealkylation sites (tertiary alicyclic amines) is 1. The molecule has 31 heavy (non-hydrogen) atoms. The van der Waals surface area contributed by atoms with E-state index in [1.165, 1.54) is 31.3 Å². The summed E-state index contributed by atoms with van der Waals surface area (Å²) in [6.07, 6.45) is 9.83. The minimum Gasteiger partial charge on any atom is -0.356 e. The van der Waals surface area contributed by atoms with Crippen LogP contribution in [0, 0.1) is 11.8 Å². The Labute approximate surface area is 184 Å². The first kappa shape index (κ1) is 21.6. The molecule has 1 atom stereocenters. The van der Waals surface area contributed by atoms with Crippen molar-refractivity contribution < 1.29 is 14.4 Å². The Hall–Kier alpha value is -2.63. The molecular formula is C25H33N3O3. The first-order valence-corrected chi connectivity index (χ1v) is 11.7. The van der Waals surface area contributed by atoms with Crippen LogP contribution in [0.25, 0.3) is 0 Å². The maximum absolute atomic E-state index is 13.0. The lowest BCUT2D eigenvalue weighted by molar-refractivity contribution is -0.139. The number of rotatable bonds is 6. The molecule has 166 valence electrons. The average Bonchev–Trinajstić information content (AvgIpc) is 3.21. The van der Waals surface area contributed by atoms with Gasteiger partial charge in [-0.15, -0.1) is 0 Å². The van der Waals surface area contributed by atoms with E-state index in [1.54, 1.807) is 4.90 Å². The lowest BCUT2D eigenvalue weighted by Gasteiger charge is -2.33. The molecule has 1 aromatic rings. The Morgan fingerprint density at radius 3 is 2.52 bits per heavy atom. The standard InChI is InChI=1S/C25H33N3O3/c29-23-17-21(18-28(23)22-9-5-2-6-10-22)25(31)27-15-12-20(13-16-27)24(30)26-14-11-19-7-3-1-4-8-19/h2,5-7,9-10,20-21H,1,3-4,8,11-18H2,(H,26,30)/t21-/m1/s1. The molecule has 6 heteroatoms. The van der Waals surface area contributed by atoms with E-state index in [1.807, 2.05) is 35.2 Å². The van der Waals surface area contributed by atoms with E-state index in [4.69, 9.17) is 0 Å². The highest BCUT2D eigenvalue weighted by atomic mass is 16.2. The molecule has 1 N–H and O–H groups in total. The van der Waals surface area contributed by atoms with Crippen LogP contribution in [0.1, 0.15) is 51.4 Å². The zero-order valence-corrected chi connectivity index (χ0v) is 18.2. The number of nitrogens with zero attached hydrogens (tertiary/aromatic N) is 2. The van der Waals surface area contributed by atoms with Crippen molar-refractivity contribution in [2.45, 2.75) is 51.4 Å². The maximum atomic E-state index is 13.0. The van der Waals surface area contributed by atoms with Gasteiger partial charge in [-0.3, -0.25) is 14.4 Å². The molecule has 2 fully saturated rings. The van der Waals surface area contributed by atoms with Crippen LogP contribution in [0.3, 0.4) is 0 Å². The van der Waals surface area contributed by atoms with Crippen molar-refractivity contribution in [3.8, 4) is 0 Å². The molecule has 3 amide bonds. The molecule has 0 spiro atoms. The Kier molecular flexibility index (Phi) is 7.05. The van der Waals surface area contributed by atoms with Crippen molar-refractivity contribution in [3.05, 3.63) is 42.0 Å². The van der Waals surface area contributed by atoms with Crippen LogP contribution in [-0.4, -0.2) is 48.8 Å². The second kappa shape index (κ2) is 10.1. The normalized spacial score (nSPS) is 22.4. The molecule has 1 aliphatic carbocycles. The first-order chi connectivity index (χ1) is 15.1. The smallest absolute Gasteiger partial charge is 0.228 e. The van der Waals surface area contributed by atoms with Gasteiger partial charge in [-0.2, -0.15) is 0 Å². The zero-order valence-electron chi connectivity index (χ0n) is 18.2. The number of amides is 3. The van der Waals surface area contributed by atoms with Gasteiger partial charge in [-0.1, -0.05) is 29.8 Å². The van der Waals surface area contributed by atoms with E-state index in [0.29, 0.717) is 39.0 Å². The van der Waals surface area contributed by atoms with Crippen LogP contribution in [0.5, 0.6) is 0 Å². The highest BCUT2D eigenvalue weighted by Crippen LogP contribution is 2.28. The number of nitrogens with one attached hydrogen (secondary N) is 1. The summed E-state index contributed by atoms with van der Waals surface area (Å²) in [6.45, 7) is 2.34. The predicted octanol–water partition coefficient (Wildman–Crippen LogP) is 3.28. The quantitative estimate of drug-likeness (QED) is 0.714. The number of carbonyl (C=O) groups excluding carboxylic acids is 3. The summed E-state index contributed by atoms with van der Waals surface area (Å²) in [5.41, 5.74) is 2.32. The van der Waals surface area contributed by atoms with Gasteiger partial charge >= 0.3 is 0 Å². The first-order valence-electron chi connectivity index (χ1n) is 11.7. The molecule has 6 nitrogen and oxygen atoms in total. The summed E-state index contributed by atoms with van der Waals surface area (Å²) in [7, 11) is 0. The van der Waals surface area contributed by atoms with Gasteiger partial charge in [0.15, 0.2) is 0 Å². The van der Waals surface area contributed by atoms with Crippen molar-refractivity contribution in [3.63, 3.8) is 0 Å². The number of hydrogen-bond donors (Lipinski definition) is 1. The maximum Gasteiger partial charge on any atom is 0.228 e. The average molecular weight is 424 g/mol. The molecule has 2 aliphatic heterocycles. The number of anilines is 1. The second-order valence-corrected chi connectivity index (χ2v) is 8.99. The summed E-state index contributed by atoms with van der Waals surface area (Å²) in [4.78, 5) is 41.5. The Morgan fingerprint density at radius 1 is 1.03 bits per heavy atom. The van der Waals surface area contributed by atoms with E-state index >= 15 is 0 Å². The largest absolute Gasteiger partial charge is 0.356 e. The van der Waals surface area contributed by atoms with Crippen LogP contribution in [0.15, 0.2) is 42.0 Å². The Bertz CT molecular complexity index is 828. The SMILES string of the molecule is O=C(NCCC1=CCCCC1)C1CCN(C(=O)[C@@H]2CC(=O)N(c3ccccc3)C2)CC1. The molecule has 0 radical (unpaired) electrons. The third-order valence-electron chi connectivity index (χ3n) is 6.85. The predicted molar refractivity (Wildman–Crippen MR) is 120 cm³/mol. The number of para-hydroxylation sites is 1. The second-order valence-electron chi connectivity index (χ2n) is 8.99. The monoisotopic (exact) mass is 423 g/mol. The summed E-state index contributed by atoms with van der Waals surface area (Å²) in [6, 6.07) is 9.53. The molecule has 0 bridgehead atoms. The highest BCUT2D eigenvalue weighted by molar-refractivity contribution is 6.00. The number of hydrogen-bond acceptors (Lipinski definition) is 3. The molecule has 0 saturated carbocycles. The molecule has 0 unspecified atom stereocenters. The van der Waals surface area contributed by atoms with Crippen LogP contribution in [0.4, 0.5) is 5.69 Å². The van der Waals surface area contributed by atoms with Crippen molar-refractivity contribution >= 4 is 23.4 Å². The third-order valence-corrected chi connectivity index (χ3v) is 6.85. The summed E-state index contributed by atoms with van der Waals surface area (Å²) in [5, 5.41) is 3.09.